The molecule has 100 valence electrons. The Morgan fingerprint density at radius 2 is 1.89 bits per heavy atom. The number of nitrogens with zero attached hydrogens (tertiary/aromatic N) is 1. The first-order chi connectivity index (χ1) is 8.51. The van der Waals surface area contributed by atoms with Crippen molar-refractivity contribution in [3.05, 3.63) is 24.3 Å². The number of hydrogen-bond donors (Lipinski definition) is 1. The van der Waals surface area contributed by atoms with E-state index in [9.17, 15) is 9.90 Å². The van der Waals surface area contributed by atoms with E-state index in [1.54, 1.807) is 23.7 Å². The molecule has 0 bridgehead atoms. The quantitative estimate of drug-likeness (QED) is 0.834. The van der Waals surface area contributed by atoms with Crippen molar-refractivity contribution in [2.24, 2.45) is 11.8 Å². The van der Waals surface area contributed by atoms with Crippen LogP contribution in [0.25, 0.3) is 0 Å². The number of aliphatic hydroxyl groups excluding tert-OH is 1. The molecule has 1 atom stereocenters. The number of rotatable bonds is 5. The summed E-state index contributed by atoms with van der Waals surface area (Å²) in [7, 11) is 1.75. The maximum atomic E-state index is 12.2. The third-order valence-electron chi connectivity index (χ3n) is 3.11. The average Bonchev–Trinajstić information content (AvgIpc) is 2.38. The third kappa shape index (κ3) is 3.50. The SMILES string of the molecule is CSc1ccc(N(C)C(=O)C(CO)C(C)C)cc1. The Morgan fingerprint density at radius 3 is 2.28 bits per heavy atom. The predicted octanol–water partition coefficient (Wildman–Crippen LogP) is 2.64. The van der Waals surface area contributed by atoms with Gasteiger partial charge in [0.2, 0.25) is 5.91 Å². The molecule has 1 aromatic rings. The van der Waals surface area contributed by atoms with Crippen LogP contribution in [-0.2, 0) is 4.79 Å². The fourth-order valence-corrected chi connectivity index (χ4v) is 2.16. The number of carbonyl (C=O) groups excluding carboxylic acids is 1. The van der Waals surface area contributed by atoms with Gasteiger partial charge in [0.25, 0.3) is 0 Å². The van der Waals surface area contributed by atoms with Crippen molar-refractivity contribution in [3.63, 3.8) is 0 Å². The van der Waals surface area contributed by atoms with Crippen LogP contribution in [0.3, 0.4) is 0 Å². The topological polar surface area (TPSA) is 40.5 Å². The number of anilines is 1. The van der Waals surface area contributed by atoms with Crippen molar-refractivity contribution in [3.8, 4) is 0 Å². The first-order valence-corrected chi connectivity index (χ1v) is 7.26. The van der Waals surface area contributed by atoms with Crippen LogP contribution in [0.15, 0.2) is 29.2 Å². The van der Waals surface area contributed by atoms with E-state index in [-0.39, 0.29) is 24.3 Å². The first-order valence-electron chi connectivity index (χ1n) is 6.03. The molecule has 1 rings (SSSR count). The molecule has 4 heteroatoms. The van der Waals surface area contributed by atoms with Gasteiger partial charge in [-0.15, -0.1) is 11.8 Å². The van der Waals surface area contributed by atoms with Gasteiger partial charge in [-0.2, -0.15) is 0 Å². The molecule has 0 heterocycles. The Balaban J connectivity index is 2.84. The summed E-state index contributed by atoms with van der Waals surface area (Å²) in [6.45, 7) is 3.79. The molecular weight excluding hydrogens is 246 g/mol. The summed E-state index contributed by atoms with van der Waals surface area (Å²) in [5.74, 6) is -0.241. The van der Waals surface area contributed by atoms with Gasteiger partial charge in [-0.25, -0.2) is 0 Å². The highest BCUT2D eigenvalue weighted by atomic mass is 32.2. The van der Waals surface area contributed by atoms with Crippen molar-refractivity contribution in [1.29, 1.82) is 0 Å². The minimum atomic E-state index is -0.338. The van der Waals surface area contributed by atoms with Crippen molar-refractivity contribution >= 4 is 23.4 Å². The van der Waals surface area contributed by atoms with E-state index in [0.29, 0.717) is 0 Å². The Bertz CT molecular complexity index is 389. The van der Waals surface area contributed by atoms with E-state index in [1.807, 2.05) is 44.4 Å². The van der Waals surface area contributed by atoms with Crippen molar-refractivity contribution in [2.75, 3.05) is 24.8 Å². The maximum absolute atomic E-state index is 12.2. The van der Waals surface area contributed by atoms with Gasteiger partial charge in [-0.05, 0) is 36.4 Å². The third-order valence-corrected chi connectivity index (χ3v) is 3.85. The van der Waals surface area contributed by atoms with Crippen molar-refractivity contribution in [2.45, 2.75) is 18.7 Å². The Kier molecular flexibility index (Phi) is 5.69. The molecule has 0 saturated carbocycles. The number of amides is 1. The van der Waals surface area contributed by atoms with Gasteiger partial charge in [0.05, 0.1) is 12.5 Å². The molecule has 0 radical (unpaired) electrons. The highest BCUT2D eigenvalue weighted by Gasteiger charge is 2.25. The van der Waals surface area contributed by atoms with Gasteiger partial charge in [-0.1, -0.05) is 13.8 Å². The molecule has 1 unspecified atom stereocenters. The lowest BCUT2D eigenvalue weighted by Gasteiger charge is -2.25. The van der Waals surface area contributed by atoms with E-state index < -0.39 is 0 Å². The highest BCUT2D eigenvalue weighted by Crippen LogP contribution is 2.22. The fraction of sp³-hybridized carbons (Fsp3) is 0.500. The minimum Gasteiger partial charge on any atom is -0.396 e. The second-order valence-corrected chi connectivity index (χ2v) is 5.51. The van der Waals surface area contributed by atoms with Crippen LogP contribution in [0.5, 0.6) is 0 Å². The van der Waals surface area contributed by atoms with Crippen LogP contribution < -0.4 is 4.90 Å². The average molecular weight is 267 g/mol. The number of hydrogen-bond acceptors (Lipinski definition) is 3. The van der Waals surface area contributed by atoms with E-state index in [2.05, 4.69) is 0 Å². The Morgan fingerprint density at radius 1 is 1.33 bits per heavy atom. The molecule has 0 aliphatic rings. The molecule has 1 amide bonds. The molecule has 0 aliphatic carbocycles. The Labute approximate surface area is 113 Å². The standard InChI is InChI=1S/C14H21NO2S/c1-10(2)13(9-16)14(17)15(3)11-5-7-12(18-4)8-6-11/h5-8,10,13,16H,9H2,1-4H3. The van der Waals surface area contributed by atoms with Crippen LogP contribution in [0.1, 0.15) is 13.8 Å². The molecule has 3 nitrogen and oxygen atoms in total. The van der Waals surface area contributed by atoms with Gasteiger partial charge in [0, 0.05) is 17.6 Å². The zero-order valence-electron chi connectivity index (χ0n) is 11.4. The summed E-state index contributed by atoms with van der Waals surface area (Å²) in [6, 6.07) is 7.84. The number of benzene rings is 1. The van der Waals surface area contributed by atoms with Gasteiger partial charge in [-0.3, -0.25) is 4.79 Å². The highest BCUT2D eigenvalue weighted by molar-refractivity contribution is 7.98. The molecule has 1 N–H and O–H groups in total. The zero-order chi connectivity index (χ0) is 13.7. The molecule has 0 saturated heterocycles. The number of thioether (sulfide) groups is 1. The minimum absolute atomic E-state index is 0.0376. The molecule has 0 spiro atoms. The van der Waals surface area contributed by atoms with Crippen LogP contribution in [-0.4, -0.2) is 30.9 Å². The van der Waals surface area contributed by atoms with Gasteiger partial charge in [0.15, 0.2) is 0 Å². The lowest BCUT2D eigenvalue weighted by molar-refractivity contribution is -0.124. The lowest BCUT2D eigenvalue weighted by Crippen LogP contribution is -2.37. The molecule has 0 aromatic heterocycles. The van der Waals surface area contributed by atoms with Gasteiger partial charge >= 0.3 is 0 Å². The monoisotopic (exact) mass is 267 g/mol. The van der Waals surface area contributed by atoms with E-state index in [0.717, 1.165) is 5.69 Å². The molecule has 18 heavy (non-hydrogen) atoms. The van der Waals surface area contributed by atoms with Gasteiger partial charge in [0.1, 0.15) is 0 Å². The fourth-order valence-electron chi connectivity index (χ4n) is 1.76. The molecule has 1 aromatic carbocycles. The summed E-state index contributed by atoms with van der Waals surface area (Å²) in [4.78, 5) is 15.0. The van der Waals surface area contributed by atoms with Crippen molar-refractivity contribution < 1.29 is 9.90 Å². The summed E-state index contributed by atoms with van der Waals surface area (Å²) in [5.41, 5.74) is 0.858. The predicted molar refractivity (Wildman–Crippen MR) is 77.0 cm³/mol. The second-order valence-electron chi connectivity index (χ2n) is 4.63. The van der Waals surface area contributed by atoms with Crippen molar-refractivity contribution in [1.82, 2.24) is 0 Å². The largest absolute Gasteiger partial charge is 0.396 e. The molecule has 0 aliphatic heterocycles. The number of carbonyl (C=O) groups is 1. The normalized spacial score (nSPS) is 12.6. The summed E-state index contributed by atoms with van der Waals surface area (Å²) >= 11 is 1.67. The van der Waals surface area contributed by atoms with Crippen LogP contribution in [0, 0.1) is 11.8 Å². The Hall–Kier alpha value is -1.00. The lowest BCUT2D eigenvalue weighted by atomic mass is 9.95. The summed E-state index contributed by atoms with van der Waals surface area (Å²) < 4.78 is 0. The second kappa shape index (κ2) is 6.81. The molecular formula is C14H21NO2S. The zero-order valence-corrected chi connectivity index (χ0v) is 12.2. The van der Waals surface area contributed by atoms with E-state index >= 15 is 0 Å². The summed E-state index contributed by atoms with van der Waals surface area (Å²) in [6.07, 6.45) is 2.02. The van der Waals surface area contributed by atoms with E-state index in [1.165, 1.54) is 4.90 Å². The summed E-state index contributed by atoms with van der Waals surface area (Å²) in [5, 5.41) is 9.29. The van der Waals surface area contributed by atoms with Crippen LogP contribution in [0.2, 0.25) is 0 Å². The van der Waals surface area contributed by atoms with Crippen LogP contribution >= 0.6 is 11.8 Å². The maximum Gasteiger partial charge on any atom is 0.232 e. The van der Waals surface area contributed by atoms with E-state index in [4.69, 9.17) is 0 Å². The first kappa shape index (κ1) is 15.1. The van der Waals surface area contributed by atoms with Gasteiger partial charge < -0.3 is 10.0 Å². The smallest absolute Gasteiger partial charge is 0.232 e. The number of aliphatic hydroxyl groups is 1. The molecule has 0 fully saturated rings. The van der Waals surface area contributed by atoms with Crippen LogP contribution in [0.4, 0.5) is 5.69 Å².